The largest absolute Gasteiger partial charge is 0.349 e. The van der Waals surface area contributed by atoms with E-state index in [1.165, 1.54) is 31.5 Å². The molecule has 0 spiro atoms. The zero-order valence-electron chi connectivity index (χ0n) is 18.1. The lowest BCUT2D eigenvalue weighted by Crippen LogP contribution is -2.50. The summed E-state index contributed by atoms with van der Waals surface area (Å²) in [6, 6.07) is 11.4. The van der Waals surface area contributed by atoms with Gasteiger partial charge in [-0.2, -0.15) is 0 Å². The van der Waals surface area contributed by atoms with Crippen LogP contribution in [0, 0.1) is 12.8 Å². The fraction of sp³-hybridized carbons (Fsp3) is 0.583. The van der Waals surface area contributed by atoms with Crippen molar-refractivity contribution in [1.82, 2.24) is 25.1 Å². The van der Waals surface area contributed by atoms with Crippen LogP contribution in [0.2, 0.25) is 0 Å². The van der Waals surface area contributed by atoms with Crippen LogP contribution in [-0.4, -0.2) is 64.4 Å². The highest BCUT2D eigenvalue weighted by Gasteiger charge is 2.31. The molecule has 1 aromatic carbocycles. The number of benzene rings is 1. The second-order valence-electron chi connectivity index (χ2n) is 8.87. The van der Waals surface area contributed by atoms with Crippen molar-refractivity contribution in [2.45, 2.75) is 51.6 Å². The Morgan fingerprint density at radius 2 is 1.97 bits per heavy atom. The minimum absolute atomic E-state index is 0.103. The van der Waals surface area contributed by atoms with Crippen LogP contribution in [0.15, 0.2) is 36.5 Å². The van der Waals surface area contributed by atoms with E-state index >= 15 is 0 Å². The van der Waals surface area contributed by atoms with Crippen molar-refractivity contribution in [1.29, 1.82) is 0 Å². The molecule has 2 fully saturated rings. The van der Waals surface area contributed by atoms with Crippen LogP contribution in [0.5, 0.6) is 0 Å². The molecule has 2 aromatic rings. The second-order valence-corrected chi connectivity index (χ2v) is 8.87. The number of hydrogen-bond donors (Lipinski definition) is 2. The number of H-pyrrole nitrogens is 1. The molecule has 6 nitrogen and oxygen atoms in total. The number of likely N-dealkylation sites (tertiary alicyclic amines) is 2. The Morgan fingerprint density at radius 3 is 2.70 bits per heavy atom. The molecule has 2 aliphatic rings. The van der Waals surface area contributed by atoms with Gasteiger partial charge in [-0.3, -0.25) is 9.69 Å². The molecular weight excluding hydrogens is 374 g/mol. The molecule has 0 radical (unpaired) electrons. The van der Waals surface area contributed by atoms with Gasteiger partial charge in [-0.05, 0) is 64.2 Å². The minimum atomic E-state index is 0.103. The molecule has 1 unspecified atom stereocenters. The summed E-state index contributed by atoms with van der Waals surface area (Å²) < 4.78 is 0. The van der Waals surface area contributed by atoms with Crippen LogP contribution >= 0.6 is 0 Å². The Kier molecular flexibility index (Phi) is 7.18. The van der Waals surface area contributed by atoms with E-state index in [-0.39, 0.29) is 11.8 Å². The second kappa shape index (κ2) is 10.2. The number of nitrogens with one attached hydrogen (secondary N) is 2. The molecule has 1 aromatic heterocycles. The SMILES string of the molecule is Cc1cnc(CNC(=O)C2CCCN(C3CCN(CCc4ccccc4)CC3)C2)[nH]1. The van der Waals surface area contributed by atoms with Gasteiger partial charge >= 0.3 is 0 Å². The Labute approximate surface area is 180 Å². The average molecular weight is 410 g/mol. The van der Waals surface area contributed by atoms with Crippen LogP contribution in [-0.2, 0) is 17.8 Å². The summed E-state index contributed by atoms with van der Waals surface area (Å²) in [6.07, 6.45) is 7.48. The van der Waals surface area contributed by atoms with E-state index in [9.17, 15) is 4.79 Å². The number of hydrogen-bond acceptors (Lipinski definition) is 4. The monoisotopic (exact) mass is 409 g/mol. The third kappa shape index (κ3) is 5.70. The minimum Gasteiger partial charge on any atom is -0.349 e. The molecule has 6 heteroatoms. The maximum Gasteiger partial charge on any atom is 0.224 e. The molecule has 2 N–H and O–H groups in total. The van der Waals surface area contributed by atoms with Gasteiger partial charge < -0.3 is 15.2 Å². The third-order valence-electron chi connectivity index (χ3n) is 6.64. The lowest BCUT2D eigenvalue weighted by molar-refractivity contribution is -0.127. The molecular formula is C24H35N5O. The first-order valence-electron chi connectivity index (χ1n) is 11.5. The van der Waals surface area contributed by atoms with E-state index in [0.717, 1.165) is 50.4 Å². The zero-order valence-corrected chi connectivity index (χ0v) is 18.1. The Balaban J connectivity index is 1.19. The summed E-state index contributed by atoms with van der Waals surface area (Å²) in [6.45, 7) is 7.99. The highest BCUT2D eigenvalue weighted by atomic mass is 16.1. The van der Waals surface area contributed by atoms with Gasteiger partial charge in [-0.15, -0.1) is 0 Å². The van der Waals surface area contributed by atoms with Gasteiger partial charge in [0.15, 0.2) is 0 Å². The topological polar surface area (TPSA) is 64.3 Å². The van der Waals surface area contributed by atoms with E-state index in [1.807, 2.05) is 6.92 Å². The van der Waals surface area contributed by atoms with E-state index in [2.05, 4.69) is 55.4 Å². The van der Waals surface area contributed by atoms with Gasteiger partial charge in [-0.25, -0.2) is 4.98 Å². The van der Waals surface area contributed by atoms with Gasteiger partial charge in [0, 0.05) is 31.0 Å². The summed E-state index contributed by atoms with van der Waals surface area (Å²) in [4.78, 5) is 25.3. The fourth-order valence-electron chi connectivity index (χ4n) is 4.86. The lowest BCUT2D eigenvalue weighted by atomic mass is 9.93. The quantitative estimate of drug-likeness (QED) is 0.738. The first-order chi connectivity index (χ1) is 14.7. The fourth-order valence-corrected chi connectivity index (χ4v) is 4.86. The Hall–Kier alpha value is -2.18. The number of aromatic amines is 1. The highest BCUT2D eigenvalue weighted by Crippen LogP contribution is 2.24. The van der Waals surface area contributed by atoms with E-state index < -0.39 is 0 Å². The Morgan fingerprint density at radius 1 is 1.17 bits per heavy atom. The number of aromatic nitrogens is 2. The molecule has 1 atom stereocenters. The smallest absolute Gasteiger partial charge is 0.224 e. The van der Waals surface area contributed by atoms with E-state index in [0.29, 0.717) is 12.6 Å². The first-order valence-corrected chi connectivity index (χ1v) is 11.5. The number of carbonyl (C=O) groups is 1. The van der Waals surface area contributed by atoms with Gasteiger partial charge in [0.1, 0.15) is 5.82 Å². The van der Waals surface area contributed by atoms with Crippen LogP contribution in [0.25, 0.3) is 0 Å². The number of nitrogens with zero attached hydrogens (tertiary/aromatic N) is 3. The standard InChI is InChI=1S/C24H35N5O/c1-19-16-25-23(27-19)17-26-24(30)21-8-5-12-29(18-21)22-10-14-28(15-11-22)13-9-20-6-3-2-4-7-20/h2-4,6-7,16,21-22H,5,8-15,17-18H2,1H3,(H,25,27)(H,26,30). The molecule has 2 aliphatic heterocycles. The van der Waals surface area contributed by atoms with Crippen molar-refractivity contribution >= 4 is 5.91 Å². The molecule has 30 heavy (non-hydrogen) atoms. The molecule has 2 saturated heterocycles. The van der Waals surface area contributed by atoms with Gasteiger partial charge in [0.25, 0.3) is 0 Å². The molecule has 0 aliphatic carbocycles. The predicted octanol–water partition coefficient (Wildman–Crippen LogP) is 2.75. The lowest BCUT2D eigenvalue weighted by Gasteiger charge is -2.42. The van der Waals surface area contributed by atoms with Crippen LogP contribution in [0.1, 0.15) is 42.8 Å². The number of piperidine rings is 2. The average Bonchev–Trinajstić information content (AvgIpc) is 3.22. The number of rotatable bonds is 7. The third-order valence-corrected chi connectivity index (χ3v) is 6.64. The summed E-state index contributed by atoms with van der Waals surface area (Å²) >= 11 is 0. The van der Waals surface area contributed by atoms with Crippen molar-refractivity contribution in [2.24, 2.45) is 5.92 Å². The van der Waals surface area contributed by atoms with Crippen LogP contribution in [0.3, 0.4) is 0 Å². The molecule has 1 amide bonds. The number of amides is 1. The molecule has 162 valence electrons. The summed E-state index contributed by atoms with van der Waals surface area (Å²) in [5, 5.41) is 3.08. The van der Waals surface area contributed by atoms with Crippen molar-refractivity contribution in [3.63, 3.8) is 0 Å². The number of carbonyl (C=O) groups excluding carboxylic acids is 1. The van der Waals surface area contributed by atoms with E-state index in [1.54, 1.807) is 6.20 Å². The van der Waals surface area contributed by atoms with Gasteiger partial charge in [0.2, 0.25) is 5.91 Å². The molecule has 0 bridgehead atoms. The zero-order chi connectivity index (χ0) is 20.8. The van der Waals surface area contributed by atoms with Crippen LogP contribution in [0.4, 0.5) is 0 Å². The predicted molar refractivity (Wildman–Crippen MR) is 119 cm³/mol. The normalized spacial score (nSPS) is 21.6. The maximum absolute atomic E-state index is 12.7. The summed E-state index contributed by atoms with van der Waals surface area (Å²) in [5.41, 5.74) is 2.45. The van der Waals surface area contributed by atoms with Gasteiger partial charge in [0.05, 0.1) is 12.5 Å². The number of aryl methyl sites for hydroxylation is 1. The number of imidazole rings is 1. The highest BCUT2D eigenvalue weighted by molar-refractivity contribution is 5.78. The van der Waals surface area contributed by atoms with E-state index in [4.69, 9.17) is 0 Å². The molecule has 3 heterocycles. The first kappa shape index (κ1) is 21.1. The van der Waals surface area contributed by atoms with Crippen molar-refractivity contribution in [3.05, 3.63) is 53.6 Å². The maximum atomic E-state index is 12.7. The van der Waals surface area contributed by atoms with Crippen molar-refractivity contribution in [2.75, 3.05) is 32.7 Å². The van der Waals surface area contributed by atoms with Crippen LogP contribution < -0.4 is 5.32 Å². The van der Waals surface area contributed by atoms with Gasteiger partial charge in [-0.1, -0.05) is 30.3 Å². The summed E-state index contributed by atoms with van der Waals surface area (Å²) in [5.74, 6) is 1.11. The molecule has 0 saturated carbocycles. The Bertz CT molecular complexity index is 797. The van der Waals surface area contributed by atoms with Crippen molar-refractivity contribution < 1.29 is 4.79 Å². The van der Waals surface area contributed by atoms with Crippen molar-refractivity contribution in [3.8, 4) is 0 Å². The summed E-state index contributed by atoms with van der Waals surface area (Å²) in [7, 11) is 0. The molecule has 4 rings (SSSR count).